The maximum Gasteiger partial charge on any atom is 0.279 e. The van der Waals surface area contributed by atoms with E-state index < -0.39 is 5.91 Å². The van der Waals surface area contributed by atoms with Crippen molar-refractivity contribution in [3.8, 4) is 29.6 Å². The highest BCUT2D eigenvalue weighted by Crippen LogP contribution is 2.39. The quantitative estimate of drug-likeness (QED) is 0.449. The number of hydrogen-bond acceptors (Lipinski definition) is 5. The van der Waals surface area contributed by atoms with Crippen LogP contribution in [0.2, 0.25) is 5.02 Å². The first-order valence-corrected chi connectivity index (χ1v) is 11.1. The average molecular weight is 459 g/mol. The molecule has 3 aromatic rings. The number of terminal acetylenes is 1. The zero-order valence-electron chi connectivity index (χ0n) is 17.6. The minimum absolute atomic E-state index is 0.244. The van der Waals surface area contributed by atoms with Crippen LogP contribution in [0.1, 0.15) is 31.1 Å². The van der Waals surface area contributed by atoms with Crippen molar-refractivity contribution < 1.29 is 19.0 Å². The Balaban J connectivity index is 2.15. The SMILES string of the molecule is C#CCn1c(=NC(=O)c2cc(OCC)c(OCC)c(OCC)c2)sc2cccc(Cl)c21. The Kier molecular flexibility index (Phi) is 7.61. The normalized spacial score (nSPS) is 11.4. The van der Waals surface area contributed by atoms with Crippen molar-refractivity contribution in [2.75, 3.05) is 19.8 Å². The highest BCUT2D eigenvalue weighted by molar-refractivity contribution is 7.16. The number of carbonyl (C=O) groups excluding carboxylic acids is 1. The van der Waals surface area contributed by atoms with Gasteiger partial charge in [0, 0.05) is 5.56 Å². The number of hydrogen-bond donors (Lipinski definition) is 0. The Morgan fingerprint density at radius 3 is 2.35 bits per heavy atom. The predicted molar refractivity (Wildman–Crippen MR) is 124 cm³/mol. The lowest BCUT2D eigenvalue weighted by Crippen LogP contribution is -2.17. The maximum atomic E-state index is 13.1. The lowest BCUT2D eigenvalue weighted by atomic mass is 10.1. The van der Waals surface area contributed by atoms with E-state index in [4.69, 9.17) is 32.2 Å². The van der Waals surface area contributed by atoms with E-state index in [2.05, 4.69) is 10.9 Å². The molecule has 31 heavy (non-hydrogen) atoms. The molecule has 6 nitrogen and oxygen atoms in total. The summed E-state index contributed by atoms with van der Waals surface area (Å²) >= 11 is 7.72. The second-order valence-electron chi connectivity index (χ2n) is 6.28. The fourth-order valence-electron chi connectivity index (χ4n) is 3.07. The standard InChI is InChI=1S/C23H23ClN2O4S/c1-5-12-26-20-16(24)10-9-11-19(20)31-23(26)25-22(27)15-13-17(28-6-2)21(30-8-4)18(14-15)29-7-3/h1,9-11,13-14H,6-8,12H2,2-4H3. The topological polar surface area (TPSA) is 62.1 Å². The maximum absolute atomic E-state index is 13.1. The van der Waals surface area contributed by atoms with Crippen LogP contribution in [0.5, 0.6) is 17.2 Å². The molecule has 0 spiro atoms. The first-order chi connectivity index (χ1) is 15.0. The van der Waals surface area contributed by atoms with Crippen molar-refractivity contribution in [1.29, 1.82) is 0 Å². The Morgan fingerprint density at radius 1 is 1.13 bits per heavy atom. The van der Waals surface area contributed by atoms with Gasteiger partial charge in [0.15, 0.2) is 16.3 Å². The number of thiazole rings is 1. The Bertz CT molecular complexity index is 1180. The van der Waals surface area contributed by atoms with Crippen LogP contribution in [0.4, 0.5) is 0 Å². The number of fused-ring (bicyclic) bond motifs is 1. The van der Waals surface area contributed by atoms with Crippen molar-refractivity contribution in [2.24, 2.45) is 4.99 Å². The molecular weight excluding hydrogens is 436 g/mol. The predicted octanol–water partition coefficient (Wildman–Crippen LogP) is 4.93. The number of nitrogens with zero attached hydrogens (tertiary/aromatic N) is 2. The van der Waals surface area contributed by atoms with Gasteiger partial charge in [0.1, 0.15) is 0 Å². The van der Waals surface area contributed by atoms with Gasteiger partial charge in [-0.25, -0.2) is 0 Å². The van der Waals surface area contributed by atoms with Crippen molar-refractivity contribution in [3.63, 3.8) is 0 Å². The molecule has 0 atom stereocenters. The largest absolute Gasteiger partial charge is 0.490 e. The average Bonchev–Trinajstić information content (AvgIpc) is 3.09. The molecule has 0 saturated carbocycles. The van der Waals surface area contributed by atoms with Gasteiger partial charge in [-0.2, -0.15) is 4.99 Å². The van der Waals surface area contributed by atoms with Gasteiger partial charge >= 0.3 is 0 Å². The molecular formula is C23H23ClN2O4S. The molecule has 0 N–H and O–H groups in total. The van der Waals surface area contributed by atoms with E-state index in [-0.39, 0.29) is 6.54 Å². The van der Waals surface area contributed by atoms with E-state index in [1.165, 1.54) is 11.3 Å². The number of carbonyl (C=O) groups is 1. The van der Waals surface area contributed by atoms with E-state index in [1.54, 1.807) is 22.8 Å². The molecule has 3 rings (SSSR count). The molecule has 0 aliphatic carbocycles. The van der Waals surface area contributed by atoms with Gasteiger partial charge in [-0.3, -0.25) is 4.79 Å². The van der Waals surface area contributed by atoms with Gasteiger partial charge in [0.05, 0.1) is 41.6 Å². The van der Waals surface area contributed by atoms with Crippen molar-refractivity contribution in [3.05, 3.63) is 45.7 Å². The number of ether oxygens (including phenoxy) is 3. The van der Waals surface area contributed by atoms with Crippen LogP contribution >= 0.6 is 22.9 Å². The van der Waals surface area contributed by atoms with E-state index in [0.29, 0.717) is 52.5 Å². The molecule has 0 fully saturated rings. The number of amides is 1. The smallest absolute Gasteiger partial charge is 0.279 e. The van der Waals surface area contributed by atoms with Gasteiger partial charge in [0.25, 0.3) is 5.91 Å². The van der Waals surface area contributed by atoms with Gasteiger partial charge in [0.2, 0.25) is 5.75 Å². The summed E-state index contributed by atoms with van der Waals surface area (Å²) in [5.41, 5.74) is 1.08. The van der Waals surface area contributed by atoms with Crippen LogP contribution in [0, 0.1) is 12.3 Å². The monoisotopic (exact) mass is 458 g/mol. The third-order valence-corrected chi connectivity index (χ3v) is 5.60. The van der Waals surface area contributed by atoms with Crippen LogP contribution in [0.15, 0.2) is 35.3 Å². The third-order valence-electron chi connectivity index (χ3n) is 4.25. The minimum Gasteiger partial charge on any atom is -0.490 e. The molecule has 0 unspecified atom stereocenters. The van der Waals surface area contributed by atoms with E-state index >= 15 is 0 Å². The van der Waals surface area contributed by atoms with Crippen LogP contribution < -0.4 is 19.0 Å². The molecule has 0 aliphatic rings. The first kappa shape index (κ1) is 22.7. The molecule has 2 aromatic carbocycles. The van der Waals surface area contributed by atoms with E-state index in [1.807, 2.05) is 32.9 Å². The van der Waals surface area contributed by atoms with Gasteiger partial charge < -0.3 is 18.8 Å². The van der Waals surface area contributed by atoms with Gasteiger partial charge in [-0.1, -0.05) is 34.9 Å². The lowest BCUT2D eigenvalue weighted by Gasteiger charge is -2.16. The molecule has 162 valence electrons. The molecule has 1 amide bonds. The Morgan fingerprint density at radius 2 is 1.77 bits per heavy atom. The summed E-state index contributed by atoms with van der Waals surface area (Å²) in [7, 11) is 0. The van der Waals surface area contributed by atoms with Crippen molar-refractivity contribution in [1.82, 2.24) is 4.57 Å². The van der Waals surface area contributed by atoms with Gasteiger partial charge in [-0.05, 0) is 45.0 Å². The highest BCUT2D eigenvalue weighted by Gasteiger charge is 2.19. The minimum atomic E-state index is -0.446. The van der Waals surface area contributed by atoms with Crippen molar-refractivity contribution >= 4 is 39.1 Å². The molecule has 1 aromatic heterocycles. The van der Waals surface area contributed by atoms with Crippen LogP contribution in [0.3, 0.4) is 0 Å². The van der Waals surface area contributed by atoms with E-state index in [0.717, 1.165) is 10.2 Å². The Hall–Kier alpha value is -2.95. The first-order valence-electron chi connectivity index (χ1n) is 9.90. The van der Waals surface area contributed by atoms with Gasteiger partial charge in [-0.15, -0.1) is 6.42 Å². The zero-order chi connectivity index (χ0) is 22.4. The summed E-state index contributed by atoms with van der Waals surface area (Å²) in [6.45, 7) is 7.10. The second kappa shape index (κ2) is 10.4. The summed E-state index contributed by atoms with van der Waals surface area (Å²) in [5.74, 6) is 3.49. The summed E-state index contributed by atoms with van der Waals surface area (Å²) in [4.78, 5) is 17.9. The number of para-hydroxylation sites is 1. The zero-order valence-corrected chi connectivity index (χ0v) is 19.2. The molecule has 0 bridgehead atoms. The number of benzene rings is 2. The number of aromatic nitrogens is 1. The van der Waals surface area contributed by atoms with Crippen LogP contribution in [-0.2, 0) is 6.54 Å². The summed E-state index contributed by atoms with van der Waals surface area (Å²) in [6.07, 6.45) is 5.54. The summed E-state index contributed by atoms with van der Waals surface area (Å²) < 4.78 is 19.8. The summed E-state index contributed by atoms with van der Waals surface area (Å²) in [5, 5.41) is 0.552. The molecule has 0 saturated heterocycles. The Labute approximate surface area is 190 Å². The number of rotatable bonds is 8. The molecule has 0 aliphatic heterocycles. The lowest BCUT2D eigenvalue weighted by molar-refractivity contribution is 0.0996. The molecule has 8 heteroatoms. The molecule has 0 radical (unpaired) electrons. The highest BCUT2D eigenvalue weighted by atomic mass is 35.5. The third kappa shape index (κ3) is 4.87. The fraction of sp³-hybridized carbons (Fsp3) is 0.304. The van der Waals surface area contributed by atoms with Crippen LogP contribution in [0.25, 0.3) is 10.2 Å². The molecule has 1 heterocycles. The fourth-order valence-corrected chi connectivity index (χ4v) is 4.46. The van der Waals surface area contributed by atoms with Crippen molar-refractivity contribution in [2.45, 2.75) is 27.3 Å². The summed E-state index contributed by atoms with van der Waals surface area (Å²) in [6, 6.07) is 8.79. The second-order valence-corrected chi connectivity index (χ2v) is 7.70. The number of halogens is 1. The van der Waals surface area contributed by atoms with E-state index in [9.17, 15) is 4.79 Å². The van der Waals surface area contributed by atoms with Crippen LogP contribution in [-0.4, -0.2) is 30.3 Å².